The molecule has 0 bridgehead atoms. The Kier molecular flexibility index (Phi) is 2.85. The highest BCUT2D eigenvalue weighted by atomic mass is 19.1. The molecule has 1 heterocycles. The number of carboxylic acids is 1. The highest BCUT2D eigenvalue weighted by Crippen LogP contribution is 2.25. The Morgan fingerprint density at radius 2 is 2.24 bits per heavy atom. The molecule has 5 heteroatoms. The Hall–Kier alpha value is -1.88. The summed E-state index contributed by atoms with van der Waals surface area (Å²) < 4.78 is 13.4. The topological polar surface area (TPSA) is 79.1 Å². The number of rotatable bonds is 3. The number of aryl methyl sites for hydroxylation is 1. The van der Waals surface area contributed by atoms with Crippen LogP contribution in [-0.2, 0) is 6.42 Å². The van der Waals surface area contributed by atoms with Gasteiger partial charge in [0.1, 0.15) is 11.5 Å². The molecule has 17 heavy (non-hydrogen) atoms. The number of benzene rings is 1. The van der Waals surface area contributed by atoms with E-state index in [-0.39, 0.29) is 11.5 Å². The molecule has 2 aromatic rings. The summed E-state index contributed by atoms with van der Waals surface area (Å²) in [6.45, 7) is 2.00. The number of hydrogen-bond acceptors (Lipinski definition) is 2. The Morgan fingerprint density at radius 1 is 1.53 bits per heavy atom. The predicted octanol–water partition coefficient (Wildman–Crippen LogP) is 1.81. The van der Waals surface area contributed by atoms with Gasteiger partial charge in [-0.25, -0.2) is 9.18 Å². The normalized spacial score (nSPS) is 11.0. The number of carbonyl (C=O) groups is 1. The molecule has 0 atom stereocenters. The molecular formula is C12H13FN2O2. The van der Waals surface area contributed by atoms with Crippen LogP contribution >= 0.6 is 0 Å². The number of aromatic amines is 1. The number of H-pyrrole nitrogens is 1. The SMILES string of the molecule is Cc1cc2c(CCN)c(C(=O)O)[nH]c2cc1F. The molecule has 0 aliphatic carbocycles. The van der Waals surface area contributed by atoms with Gasteiger partial charge in [-0.3, -0.25) is 0 Å². The number of fused-ring (bicyclic) bond motifs is 1. The molecular weight excluding hydrogens is 223 g/mol. The maximum atomic E-state index is 13.4. The van der Waals surface area contributed by atoms with Crippen molar-refractivity contribution in [1.29, 1.82) is 0 Å². The minimum atomic E-state index is -1.05. The summed E-state index contributed by atoms with van der Waals surface area (Å²) in [5.74, 6) is -1.40. The molecule has 0 aliphatic rings. The summed E-state index contributed by atoms with van der Waals surface area (Å²) in [4.78, 5) is 13.8. The number of halogens is 1. The van der Waals surface area contributed by atoms with E-state index in [1.54, 1.807) is 13.0 Å². The van der Waals surface area contributed by atoms with Crippen molar-refractivity contribution in [1.82, 2.24) is 4.98 Å². The van der Waals surface area contributed by atoms with Crippen molar-refractivity contribution in [3.8, 4) is 0 Å². The first-order chi connectivity index (χ1) is 8.04. The maximum absolute atomic E-state index is 13.4. The third kappa shape index (κ3) is 1.89. The third-order valence-electron chi connectivity index (χ3n) is 2.79. The summed E-state index contributed by atoms with van der Waals surface area (Å²) in [6, 6.07) is 2.97. The Labute approximate surface area is 97.2 Å². The van der Waals surface area contributed by atoms with Crippen LogP contribution in [0, 0.1) is 12.7 Å². The molecule has 0 saturated carbocycles. The Bertz CT molecular complexity index is 590. The van der Waals surface area contributed by atoms with Crippen molar-refractivity contribution in [2.45, 2.75) is 13.3 Å². The van der Waals surface area contributed by atoms with Gasteiger partial charge in [0.05, 0.1) is 0 Å². The molecule has 1 aromatic heterocycles. The van der Waals surface area contributed by atoms with Gasteiger partial charge >= 0.3 is 5.97 Å². The van der Waals surface area contributed by atoms with Gasteiger partial charge in [-0.15, -0.1) is 0 Å². The Balaban J connectivity index is 2.75. The fourth-order valence-corrected chi connectivity index (χ4v) is 1.97. The monoisotopic (exact) mass is 236 g/mol. The summed E-state index contributed by atoms with van der Waals surface area (Å²) in [5, 5.41) is 9.79. The van der Waals surface area contributed by atoms with E-state index in [0.29, 0.717) is 29.6 Å². The van der Waals surface area contributed by atoms with E-state index in [1.807, 2.05) is 0 Å². The lowest BCUT2D eigenvalue weighted by molar-refractivity contribution is 0.0690. The highest BCUT2D eigenvalue weighted by molar-refractivity contribution is 5.97. The van der Waals surface area contributed by atoms with Gasteiger partial charge in [-0.05, 0) is 43.1 Å². The van der Waals surface area contributed by atoms with Gasteiger partial charge in [-0.1, -0.05) is 0 Å². The first-order valence-corrected chi connectivity index (χ1v) is 5.28. The van der Waals surface area contributed by atoms with E-state index in [0.717, 1.165) is 5.39 Å². The molecule has 0 radical (unpaired) electrons. The van der Waals surface area contributed by atoms with E-state index >= 15 is 0 Å². The third-order valence-corrected chi connectivity index (χ3v) is 2.79. The Morgan fingerprint density at radius 3 is 2.82 bits per heavy atom. The summed E-state index contributed by atoms with van der Waals surface area (Å²) in [5.41, 5.74) is 7.18. The van der Waals surface area contributed by atoms with Crippen molar-refractivity contribution < 1.29 is 14.3 Å². The number of nitrogens with two attached hydrogens (primary N) is 1. The van der Waals surface area contributed by atoms with Crippen LogP contribution < -0.4 is 5.73 Å². The molecule has 0 fully saturated rings. The maximum Gasteiger partial charge on any atom is 0.352 e. The smallest absolute Gasteiger partial charge is 0.352 e. The van der Waals surface area contributed by atoms with Crippen LogP contribution in [0.25, 0.3) is 10.9 Å². The number of nitrogens with one attached hydrogen (secondary N) is 1. The highest BCUT2D eigenvalue weighted by Gasteiger charge is 2.17. The van der Waals surface area contributed by atoms with Gasteiger partial charge < -0.3 is 15.8 Å². The molecule has 0 aliphatic heterocycles. The quantitative estimate of drug-likeness (QED) is 0.760. The number of aromatic nitrogens is 1. The lowest BCUT2D eigenvalue weighted by Crippen LogP contribution is -2.07. The van der Waals surface area contributed by atoms with Gasteiger partial charge in [0, 0.05) is 10.9 Å². The van der Waals surface area contributed by atoms with Gasteiger partial charge in [-0.2, -0.15) is 0 Å². The average molecular weight is 236 g/mol. The van der Waals surface area contributed by atoms with Crippen molar-refractivity contribution >= 4 is 16.9 Å². The molecule has 0 unspecified atom stereocenters. The van der Waals surface area contributed by atoms with Gasteiger partial charge in [0.15, 0.2) is 0 Å². The summed E-state index contributed by atoms with van der Waals surface area (Å²) in [7, 11) is 0. The van der Waals surface area contributed by atoms with Crippen LogP contribution in [0.3, 0.4) is 0 Å². The largest absolute Gasteiger partial charge is 0.477 e. The van der Waals surface area contributed by atoms with Crippen LogP contribution in [0.5, 0.6) is 0 Å². The second-order valence-corrected chi connectivity index (χ2v) is 3.97. The second kappa shape index (κ2) is 4.18. The van der Waals surface area contributed by atoms with Crippen LogP contribution in [-0.4, -0.2) is 22.6 Å². The van der Waals surface area contributed by atoms with E-state index in [1.165, 1.54) is 6.07 Å². The first kappa shape index (κ1) is 11.6. The van der Waals surface area contributed by atoms with Crippen molar-refractivity contribution in [2.75, 3.05) is 6.54 Å². The fourth-order valence-electron chi connectivity index (χ4n) is 1.97. The average Bonchev–Trinajstić information content (AvgIpc) is 2.59. The molecule has 4 N–H and O–H groups in total. The van der Waals surface area contributed by atoms with E-state index in [9.17, 15) is 9.18 Å². The molecule has 90 valence electrons. The van der Waals surface area contributed by atoms with E-state index in [2.05, 4.69) is 4.98 Å². The second-order valence-electron chi connectivity index (χ2n) is 3.97. The minimum Gasteiger partial charge on any atom is -0.477 e. The van der Waals surface area contributed by atoms with Crippen molar-refractivity contribution in [3.63, 3.8) is 0 Å². The first-order valence-electron chi connectivity index (χ1n) is 5.28. The zero-order chi connectivity index (χ0) is 12.6. The fraction of sp³-hybridized carbons (Fsp3) is 0.250. The zero-order valence-corrected chi connectivity index (χ0v) is 9.38. The zero-order valence-electron chi connectivity index (χ0n) is 9.38. The molecule has 0 spiro atoms. The van der Waals surface area contributed by atoms with E-state index in [4.69, 9.17) is 10.8 Å². The van der Waals surface area contributed by atoms with Gasteiger partial charge in [0.2, 0.25) is 0 Å². The molecule has 0 amide bonds. The number of aromatic carboxylic acids is 1. The predicted molar refractivity (Wildman–Crippen MR) is 62.7 cm³/mol. The lowest BCUT2D eigenvalue weighted by atomic mass is 10.1. The van der Waals surface area contributed by atoms with Crippen LogP contribution in [0.4, 0.5) is 4.39 Å². The van der Waals surface area contributed by atoms with Crippen molar-refractivity contribution in [2.24, 2.45) is 5.73 Å². The van der Waals surface area contributed by atoms with E-state index < -0.39 is 5.97 Å². The minimum absolute atomic E-state index is 0.0930. The van der Waals surface area contributed by atoms with Crippen LogP contribution in [0.1, 0.15) is 21.6 Å². The molecule has 4 nitrogen and oxygen atoms in total. The molecule has 2 rings (SSSR count). The lowest BCUT2D eigenvalue weighted by Gasteiger charge is -2.00. The summed E-state index contributed by atoms with van der Waals surface area (Å²) >= 11 is 0. The van der Waals surface area contributed by atoms with Gasteiger partial charge in [0.25, 0.3) is 0 Å². The molecule has 1 aromatic carbocycles. The molecule has 0 saturated heterocycles. The number of hydrogen-bond donors (Lipinski definition) is 3. The number of carboxylic acid groups (broad SMARTS) is 1. The summed E-state index contributed by atoms with van der Waals surface area (Å²) in [6.07, 6.45) is 0.451. The van der Waals surface area contributed by atoms with Crippen molar-refractivity contribution in [3.05, 3.63) is 34.8 Å². The standard InChI is InChI=1S/C12H13FN2O2/c1-6-4-8-7(2-3-14)11(12(16)17)15-10(8)5-9(6)13/h4-5,15H,2-3,14H2,1H3,(H,16,17). The van der Waals surface area contributed by atoms with Crippen LogP contribution in [0.2, 0.25) is 0 Å². The van der Waals surface area contributed by atoms with Crippen LogP contribution in [0.15, 0.2) is 12.1 Å².